The molecule has 4 heteroatoms. The van der Waals surface area contributed by atoms with E-state index in [-0.39, 0.29) is 17.8 Å². The Morgan fingerprint density at radius 2 is 1.67 bits per heavy atom. The predicted molar refractivity (Wildman–Crippen MR) is 105 cm³/mol. The maximum atomic E-state index is 13.0. The van der Waals surface area contributed by atoms with E-state index in [4.69, 9.17) is 4.74 Å². The molecule has 1 saturated heterocycles. The van der Waals surface area contributed by atoms with Crippen LogP contribution < -0.4 is 4.74 Å². The Morgan fingerprint density at radius 3 is 2.30 bits per heavy atom. The first-order valence-corrected chi connectivity index (χ1v) is 10.00. The lowest BCUT2D eigenvalue weighted by Gasteiger charge is -2.35. The molecule has 1 atom stereocenters. The zero-order valence-corrected chi connectivity index (χ0v) is 16.0. The van der Waals surface area contributed by atoms with Crippen molar-refractivity contribution in [3.05, 3.63) is 59.9 Å². The van der Waals surface area contributed by atoms with Crippen LogP contribution in [0, 0.1) is 5.82 Å². The summed E-state index contributed by atoms with van der Waals surface area (Å²) in [5.41, 5.74) is 1.16. The summed E-state index contributed by atoms with van der Waals surface area (Å²) in [6.07, 6.45) is 7.23. The molecule has 0 aliphatic carbocycles. The summed E-state index contributed by atoms with van der Waals surface area (Å²) in [5, 5.41) is 0. The first-order chi connectivity index (χ1) is 13.2. The van der Waals surface area contributed by atoms with Gasteiger partial charge in [0.15, 0.2) is 0 Å². The Hall–Kier alpha value is -2.36. The maximum absolute atomic E-state index is 13.0. The molecule has 1 heterocycles. The lowest BCUT2D eigenvalue weighted by Crippen LogP contribution is -2.38. The van der Waals surface area contributed by atoms with Crippen LogP contribution >= 0.6 is 0 Å². The lowest BCUT2D eigenvalue weighted by molar-refractivity contribution is -0.136. The Balaban J connectivity index is 1.73. The molecule has 1 aliphatic heterocycles. The molecule has 0 saturated carbocycles. The molecule has 1 amide bonds. The monoisotopic (exact) mass is 369 g/mol. The summed E-state index contributed by atoms with van der Waals surface area (Å²) < 4.78 is 18.8. The van der Waals surface area contributed by atoms with Crippen molar-refractivity contribution in [3.8, 4) is 11.5 Å². The molecular weight excluding hydrogens is 341 g/mol. The molecule has 27 heavy (non-hydrogen) atoms. The van der Waals surface area contributed by atoms with Crippen molar-refractivity contribution in [3.63, 3.8) is 0 Å². The van der Waals surface area contributed by atoms with Crippen LogP contribution in [0.25, 0.3) is 0 Å². The molecule has 0 bridgehead atoms. The number of rotatable bonds is 8. The number of hydrogen-bond acceptors (Lipinski definition) is 2. The number of nitrogens with zero attached hydrogens (tertiary/aromatic N) is 1. The molecule has 0 spiro atoms. The molecule has 0 radical (unpaired) electrons. The van der Waals surface area contributed by atoms with E-state index >= 15 is 0 Å². The fraction of sp³-hybridized carbons (Fsp3) is 0.435. The normalized spacial score (nSPS) is 15.6. The van der Waals surface area contributed by atoms with Crippen LogP contribution in [0.1, 0.15) is 63.5 Å². The van der Waals surface area contributed by atoms with Gasteiger partial charge in [0.2, 0.25) is 5.91 Å². The van der Waals surface area contributed by atoms with Gasteiger partial charge >= 0.3 is 0 Å². The molecule has 1 aliphatic rings. The van der Waals surface area contributed by atoms with Gasteiger partial charge in [0, 0.05) is 13.0 Å². The summed E-state index contributed by atoms with van der Waals surface area (Å²) in [5.74, 6) is 1.31. The number of carbonyl (C=O) groups excluding carboxylic acids is 1. The third-order valence-electron chi connectivity index (χ3n) is 5.13. The summed E-state index contributed by atoms with van der Waals surface area (Å²) in [7, 11) is 0. The van der Waals surface area contributed by atoms with Crippen LogP contribution in [-0.4, -0.2) is 17.4 Å². The highest BCUT2D eigenvalue weighted by molar-refractivity contribution is 5.77. The van der Waals surface area contributed by atoms with Crippen LogP contribution in [0.2, 0.25) is 0 Å². The van der Waals surface area contributed by atoms with Gasteiger partial charge in [-0.15, -0.1) is 0 Å². The molecule has 0 N–H and O–H groups in total. The summed E-state index contributed by atoms with van der Waals surface area (Å²) in [6, 6.07) is 14.1. The number of amides is 1. The summed E-state index contributed by atoms with van der Waals surface area (Å²) in [4.78, 5) is 14.5. The van der Waals surface area contributed by atoms with Crippen molar-refractivity contribution in [2.45, 2.75) is 57.9 Å². The summed E-state index contributed by atoms with van der Waals surface area (Å²) in [6.45, 7) is 3.05. The number of benzene rings is 2. The zero-order chi connectivity index (χ0) is 19.1. The third-order valence-corrected chi connectivity index (χ3v) is 5.13. The van der Waals surface area contributed by atoms with Gasteiger partial charge in [-0.05, 0) is 61.2 Å². The van der Waals surface area contributed by atoms with Crippen molar-refractivity contribution in [2.75, 3.05) is 6.54 Å². The molecule has 3 nitrogen and oxygen atoms in total. The molecule has 2 aromatic carbocycles. The van der Waals surface area contributed by atoms with Crippen LogP contribution in [0.3, 0.4) is 0 Å². The first kappa shape index (κ1) is 19.4. The highest BCUT2D eigenvalue weighted by Gasteiger charge is 2.26. The average molecular weight is 369 g/mol. The smallest absolute Gasteiger partial charge is 0.223 e. The van der Waals surface area contributed by atoms with E-state index in [2.05, 4.69) is 24.0 Å². The molecule has 0 aromatic heterocycles. The van der Waals surface area contributed by atoms with E-state index in [0.29, 0.717) is 17.9 Å². The zero-order valence-electron chi connectivity index (χ0n) is 16.0. The fourth-order valence-corrected chi connectivity index (χ4v) is 3.64. The highest BCUT2D eigenvalue weighted by Crippen LogP contribution is 2.32. The van der Waals surface area contributed by atoms with Crippen molar-refractivity contribution in [1.82, 2.24) is 4.90 Å². The topological polar surface area (TPSA) is 29.5 Å². The van der Waals surface area contributed by atoms with Crippen LogP contribution in [0.4, 0.5) is 4.39 Å². The van der Waals surface area contributed by atoms with Crippen molar-refractivity contribution < 1.29 is 13.9 Å². The Kier molecular flexibility index (Phi) is 6.86. The average Bonchev–Trinajstić information content (AvgIpc) is 2.69. The first-order valence-electron chi connectivity index (χ1n) is 10.00. The van der Waals surface area contributed by atoms with Crippen LogP contribution in [0.15, 0.2) is 48.5 Å². The second-order valence-electron chi connectivity index (χ2n) is 7.18. The number of likely N-dealkylation sites (tertiary alicyclic amines) is 1. The Labute approximate surface area is 161 Å². The van der Waals surface area contributed by atoms with Gasteiger partial charge < -0.3 is 9.64 Å². The molecule has 1 fully saturated rings. The minimum atomic E-state index is -0.279. The van der Waals surface area contributed by atoms with Gasteiger partial charge in [-0.3, -0.25) is 4.79 Å². The van der Waals surface area contributed by atoms with Crippen LogP contribution in [-0.2, 0) is 4.79 Å². The third kappa shape index (κ3) is 5.31. The number of piperidine rings is 1. The van der Waals surface area contributed by atoms with Crippen LogP contribution in [0.5, 0.6) is 11.5 Å². The van der Waals surface area contributed by atoms with Gasteiger partial charge in [0.1, 0.15) is 17.3 Å². The van der Waals surface area contributed by atoms with Crippen molar-refractivity contribution in [2.24, 2.45) is 0 Å². The number of halogens is 1. The van der Waals surface area contributed by atoms with E-state index in [0.717, 1.165) is 37.8 Å². The minimum Gasteiger partial charge on any atom is -0.457 e. The summed E-state index contributed by atoms with van der Waals surface area (Å²) >= 11 is 0. The number of unbranched alkanes of at least 4 members (excludes halogenated alkanes) is 2. The van der Waals surface area contributed by atoms with Gasteiger partial charge in [-0.2, -0.15) is 0 Å². The molecule has 1 unspecified atom stereocenters. The van der Waals surface area contributed by atoms with Crippen molar-refractivity contribution in [1.29, 1.82) is 0 Å². The second kappa shape index (κ2) is 9.54. The molecule has 3 rings (SSSR count). The Bertz CT molecular complexity index is 727. The van der Waals surface area contributed by atoms with E-state index < -0.39 is 0 Å². The maximum Gasteiger partial charge on any atom is 0.223 e. The molecular formula is C23H28FNO2. The lowest BCUT2D eigenvalue weighted by atomic mass is 9.96. The fourth-order valence-electron chi connectivity index (χ4n) is 3.64. The van der Waals surface area contributed by atoms with Gasteiger partial charge in [0.25, 0.3) is 0 Å². The standard InChI is InChI=1S/C23H28FNO2/c1-2-3-4-7-22(25-17-6-5-8-23(25)26)18-9-13-20(14-10-18)27-21-15-11-19(24)12-16-21/h9-16,22H,2-8,17H2,1H3. The predicted octanol–water partition coefficient (Wildman–Crippen LogP) is 6.25. The Morgan fingerprint density at radius 1 is 1.00 bits per heavy atom. The number of hydrogen-bond donors (Lipinski definition) is 0. The number of carbonyl (C=O) groups is 1. The minimum absolute atomic E-state index is 0.143. The van der Waals surface area contributed by atoms with E-state index in [1.165, 1.54) is 25.0 Å². The molecule has 2 aromatic rings. The van der Waals surface area contributed by atoms with Gasteiger partial charge in [0.05, 0.1) is 6.04 Å². The van der Waals surface area contributed by atoms with Crippen molar-refractivity contribution >= 4 is 5.91 Å². The SMILES string of the molecule is CCCCCC(c1ccc(Oc2ccc(F)cc2)cc1)N1CCCCC1=O. The van der Waals surface area contributed by atoms with Gasteiger partial charge in [-0.1, -0.05) is 38.3 Å². The molecule has 144 valence electrons. The van der Waals surface area contributed by atoms with E-state index in [1.54, 1.807) is 12.1 Å². The largest absolute Gasteiger partial charge is 0.457 e. The quantitative estimate of drug-likeness (QED) is 0.515. The second-order valence-corrected chi connectivity index (χ2v) is 7.18. The van der Waals surface area contributed by atoms with E-state index in [9.17, 15) is 9.18 Å². The van der Waals surface area contributed by atoms with E-state index in [1.807, 2.05) is 12.1 Å². The highest BCUT2D eigenvalue weighted by atomic mass is 19.1. The number of ether oxygens (including phenoxy) is 1. The van der Waals surface area contributed by atoms with Gasteiger partial charge in [-0.25, -0.2) is 4.39 Å².